The number of imidazole rings is 1. The molecule has 0 saturated carbocycles. The molecule has 114 valence electrons. The van der Waals surface area contributed by atoms with E-state index in [2.05, 4.69) is 4.98 Å². The van der Waals surface area contributed by atoms with Crippen LogP contribution in [0.2, 0.25) is 0 Å². The molecule has 0 saturated heterocycles. The van der Waals surface area contributed by atoms with E-state index in [4.69, 9.17) is 5.11 Å². The Hall–Kier alpha value is -2.05. The monoisotopic (exact) mass is 300 g/mol. The Morgan fingerprint density at radius 1 is 1.43 bits per heavy atom. The minimum absolute atomic E-state index is 0.0468. The van der Waals surface area contributed by atoms with Crippen LogP contribution in [0.3, 0.4) is 0 Å². The van der Waals surface area contributed by atoms with Crippen molar-refractivity contribution in [2.75, 3.05) is 0 Å². The molecule has 0 radical (unpaired) electrons. The van der Waals surface area contributed by atoms with Crippen molar-refractivity contribution in [3.63, 3.8) is 0 Å². The zero-order chi connectivity index (χ0) is 15.8. The average molecular weight is 300 g/mol. The molecule has 0 aliphatic carbocycles. The summed E-state index contributed by atoms with van der Waals surface area (Å²) in [6, 6.07) is 3.84. The molecule has 1 N–H and O–H groups in total. The second kappa shape index (κ2) is 5.38. The molecule has 0 aliphatic heterocycles. The topological polar surface area (TPSA) is 55.1 Å². The largest absolute Gasteiger partial charge is 0.478 e. The Bertz CT molecular complexity index is 677. The van der Waals surface area contributed by atoms with Crippen LogP contribution in [0.5, 0.6) is 0 Å². The average Bonchev–Trinajstić information content (AvgIpc) is 2.76. The first-order valence-electron chi connectivity index (χ1n) is 6.54. The summed E-state index contributed by atoms with van der Waals surface area (Å²) in [5.74, 6) is -2.12. The molecule has 21 heavy (non-hydrogen) atoms. The lowest BCUT2D eigenvalue weighted by Gasteiger charge is -2.15. The number of halogens is 3. The summed E-state index contributed by atoms with van der Waals surface area (Å²) in [6.45, 7) is 3.95. The highest BCUT2D eigenvalue weighted by Crippen LogP contribution is 2.32. The van der Waals surface area contributed by atoms with Crippen molar-refractivity contribution in [3.8, 4) is 0 Å². The Morgan fingerprint density at radius 2 is 2.10 bits per heavy atom. The third-order valence-corrected chi connectivity index (χ3v) is 3.44. The van der Waals surface area contributed by atoms with E-state index in [1.54, 1.807) is 0 Å². The van der Waals surface area contributed by atoms with Gasteiger partial charge in [0.1, 0.15) is 0 Å². The summed E-state index contributed by atoms with van der Waals surface area (Å²) >= 11 is 0. The van der Waals surface area contributed by atoms with Gasteiger partial charge in [-0.3, -0.25) is 0 Å². The van der Waals surface area contributed by atoms with Gasteiger partial charge in [0.05, 0.1) is 16.6 Å². The first-order valence-corrected chi connectivity index (χ1v) is 6.54. The fraction of sp³-hybridized carbons (Fsp3) is 0.429. The smallest absolute Gasteiger partial charge is 0.449 e. The minimum atomic E-state index is -4.57. The van der Waals surface area contributed by atoms with Crippen LogP contribution in [0.25, 0.3) is 11.0 Å². The van der Waals surface area contributed by atoms with E-state index in [0.29, 0.717) is 5.52 Å². The first-order chi connectivity index (χ1) is 9.74. The van der Waals surface area contributed by atoms with Gasteiger partial charge < -0.3 is 9.67 Å². The Labute approximate surface area is 119 Å². The maximum absolute atomic E-state index is 13.1. The van der Waals surface area contributed by atoms with Gasteiger partial charge in [0.15, 0.2) is 0 Å². The molecule has 1 atom stereocenters. The minimum Gasteiger partial charge on any atom is -0.478 e. The molecule has 2 rings (SSSR count). The molecule has 1 aromatic heterocycles. The highest BCUT2D eigenvalue weighted by molar-refractivity contribution is 5.92. The van der Waals surface area contributed by atoms with E-state index in [1.165, 1.54) is 18.2 Å². The number of aromatic carboxylic acids is 1. The van der Waals surface area contributed by atoms with Gasteiger partial charge in [0.2, 0.25) is 5.82 Å². The predicted octanol–water partition coefficient (Wildman–Crippen LogP) is 3.80. The molecule has 1 heterocycles. The van der Waals surface area contributed by atoms with Gasteiger partial charge in [-0.25, -0.2) is 9.78 Å². The quantitative estimate of drug-likeness (QED) is 0.934. The standard InChI is InChI=1S/C14H15F3N2O2/c1-3-8(2)7-19-11-5-4-9(12(20)21)6-10(11)18-13(19)14(15,16)17/h4-6,8H,3,7H2,1-2H3,(H,20,21). The SMILES string of the molecule is CCC(C)Cn1c(C(F)(F)F)nc2cc(C(=O)O)ccc21. The Morgan fingerprint density at radius 3 is 2.62 bits per heavy atom. The second-order valence-electron chi connectivity index (χ2n) is 5.07. The molecular weight excluding hydrogens is 285 g/mol. The van der Waals surface area contributed by atoms with Gasteiger partial charge in [-0.1, -0.05) is 20.3 Å². The molecule has 4 nitrogen and oxygen atoms in total. The van der Waals surface area contributed by atoms with Gasteiger partial charge in [0, 0.05) is 6.54 Å². The number of carbonyl (C=O) groups is 1. The van der Waals surface area contributed by atoms with Gasteiger partial charge in [0.25, 0.3) is 0 Å². The fourth-order valence-corrected chi connectivity index (χ4v) is 2.10. The summed E-state index contributed by atoms with van der Waals surface area (Å²) < 4.78 is 40.4. The molecule has 1 aromatic carbocycles. The number of hydrogen-bond donors (Lipinski definition) is 1. The number of nitrogens with zero attached hydrogens (tertiary/aromatic N) is 2. The zero-order valence-electron chi connectivity index (χ0n) is 11.6. The van der Waals surface area contributed by atoms with Crippen LogP contribution in [0.15, 0.2) is 18.2 Å². The molecule has 0 spiro atoms. The van der Waals surface area contributed by atoms with E-state index in [1.807, 2.05) is 13.8 Å². The maximum atomic E-state index is 13.1. The number of fused-ring (bicyclic) bond motifs is 1. The summed E-state index contributed by atoms with van der Waals surface area (Å²) in [4.78, 5) is 14.5. The molecule has 2 aromatic rings. The van der Waals surface area contributed by atoms with E-state index in [0.717, 1.165) is 11.0 Å². The molecule has 0 fully saturated rings. The van der Waals surface area contributed by atoms with Crippen LogP contribution >= 0.6 is 0 Å². The van der Waals surface area contributed by atoms with E-state index < -0.39 is 18.0 Å². The van der Waals surface area contributed by atoms with Gasteiger partial charge >= 0.3 is 12.1 Å². The van der Waals surface area contributed by atoms with Crippen LogP contribution in [-0.4, -0.2) is 20.6 Å². The van der Waals surface area contributed by atoms with Crippen molar-refractivity contribution in [1.82, 2.24) is 9.55 Å². The van der Waals surface area contributed by atoms with Crippen molar-refractivity contribution < 1.29 is 23.1 Å². The highest BCUT2D eigenvalue weighted by atomic mass is 19.4. The molecule has 7 heteroatoms. The number of alkyl halides is 3. The highest BCUT2D eigenvalue weighted by Gasteiger charge is 2.37. The van der Waals surface area contributed by atoms with E-state index in [-0.39, 0.29) is 23.5 Å². The molecule has 0 aliphatic rings. The third kappa shape index (κ3) is 3.01. The van der Waals surface area contributed by atoms with Crippen LogP contribution < -0.4 is 0 Å². The molecular formula is C14H15F3N2O2. The first kappa shape index (κ1) is 15.3. The number of carboxylic acid groups (broad SMARTS) is 1. The van der Waals surface area contributed by atoms with Crippen LogP contribution in [0.1, 0.15) is 36.5 Å². The summed E-state index contributed by atoms with van der Waals surface area (Å²) in [6.07, 6.45) is -3.83. The van der Waals surface area contributed by atoms with Crippen molar-refractivity contribution >= 4 is 17.0 Å². The molecule has 1 unspecified atom stereocenters. The fourth-order valence-electron chi connectivity index (χ4n) is 2.10. The van der Waals surface area contributed by atoms with Crippen LogP contribution in [0.4, 0.5) is 13.2 Å². The third-order valence-electron chi connectivity index (χ3n) is 3.44. The molecule has 0 amide bonds. The van der Waals surface area contributed by atoms with Crippen molar-refractivity contribution in [3.05, 3.63) is 29.6 Å². The van der Waals surface area contributed by atoms with Gasteiger partial charge in [-0.05, 0) is 24.1 Å². The Balaban J connectivity index is 2.64. The lowest BCUT2D eigenvalue weighted by atomic mass is 10.1. The summed E-state index contributed by atoms with van der Waals surface area (Å²) in [5, 5.41) is 8.91. The summed E-state index contributed by atoms with van der Waals surface area (Å²) in [7, 11) is 0. The number of hydrogen-bond acceptors (Lipinski definition) is 2. The maximum Gasteiger partial charge on any atom is 0.449 e. The zero-order valence-corrected chi connectivity index (χ0v) is 11.6. The number of carboxylic acids is 1. The number of benzene rings is 1. The molecule has 0 bridgehead atoms. The van der Waals surface area contributed by atoms with E-state index >= 15 is 0 Å². The Kier molecular flexibility index (Phi) is 3.93. The normalized spacial score (nSPS) is 13.6. The summed E-state index contributed by atoms with van der Waals surface area (Å²) in [5.41, 5.74) is 0.266. The van der Waals surface area contributed by atoms with Gasteiger partial charge in [-0.2, -0.15) is 13.2 Å². The predicted molar refractivity (Wildman–Crippen MR) is 71.1 cm³/mol. The second-order valence-corrected chi connectivity index (χ2v) is 5.07. The van der Waals surface area contributed by atoms with Crippen LogP contribution in [0, 0.1) is 5.92 Å². The van der Waals surface area contributed by atoms with Crippen molar-refractivity contribution in [1.29, 1.82) is 0 Å². The van der Waals surface area contributed by atoms with Crippen molar-refractivity contribution in [2.24, 2.45) is 5.92 Å². The van der Waals surface area contributed by atoms with E-state index in [9.17, 15) is 18.0 Å². The number of rotatable bonds is 4. The lowest BCUT2D eigenvalue weighted by Crippen LogP contribution is -2.17. The van der Waals surface area contributed by atoms with Crippen LogP contribution in [-0.2, 0) is 12.7 Å². The van der Waals surface area contributed by atoms with Gasteiger partial charge in [-0.15, -0.1) is 0 Å². The lowest BCUT2D eigenvalue weighted by molar-refractivity contribution is -0.147. The number of aromatic nitrogens is 2. The van der Waals surface area contributed by atoms with Crippen molar-refractivity contribution in [2.45, 2.75) is 33.0 Å².